The third-order valence-corrected chi connectivity index (χ3v) is 5.33. The maximum Gasteiger partial charge on any atom is 0.274 e. The molecule has 1 aromatic carbocycles. The highest BCUT2D eigenvalue weighted by Crippen LogP contribution is 2.31. The molecule has 1 rings (SSSR count). The molecule has 0 heterocycles. The van der Waals surface area contributed by atoms with Gasteiger partial charge in [-0.3, -0.25) is 10.1 Å². The molecular weight excluding hydrogens is 260 g/mol. The molecule has 4 nitrogen and oxygen atoms in total. The van der Waals surface area contributed by atoms with Gasteiger partial charge >= 0.3 is 0 Å². The van der Waals surface area contributed by atoms with Crippen molar-refractivity contribution in [3.05, 3.63) is 33.9 Å². The molecule has 0 aliphatic heterocycles. The number of rotatable bonds is 7. The van der Waals surface area contributed by atoms with E-state index >= 15 is 0 Å². The first kappa shape index (κ1) is 15.8. The van der Waals surface area contributed by atoms with Crippen LogP contribution in [0.3, 0.4) is 0 Å². The van der Waals surface area contributed by atoms with Gasteiger partial charge in [0.25, 0.3) is 5.69 Å². The predicted molar refractivity (Wildman–Crippen MR) is 83.2 cm³/mol. The summed E-state index contributed by atoms with van der Waals surface area (Å²) < 4.78 is 0.194. The second-order valence-corrected chi connectivity index (χ2v) is 5.98. The predicted octanol–water partition coefficient (Wildman–Crippen LogP) is 4.24. The lowest BCUT2D eigenvalue weighted by atomic mass is 10.0. The van der Waals surface area contributed by atoms with Gasteiger partial charge in [0.05, 0.1) is 4.92 Å². The van der Waals surface area contributed by atoms with Gasteiger partial charge < -0.3 is 5.32 Å². The van der Waals surface area contributed by atoms with E-state index in [4.69, 9.17) is 0 Å². The number of thioether (sulfide) groups is 1. The van der Waals surface area contributed by atoms with E-state index in [0.717, 1.165) is 25.1 Å². The number of hydrogen-bond donors (Lipinski definition) is 1. The molecule has 0 bridgehead atoms. The number of nitro benzene ring substituents is 1. The van der Waals surface area contributed by atoms with Gasteiger partial charge in [-0.2, -0.15) is 11.8 Å². The second-order valence-electron chi connectivity index (χ2n) is 4.71. The zero-order chi connectivity index (χ0) is 14.5. The first-order valence-electron chi connectivity index (χ1n) is 6.52. The average Bonchev–Trinajstić information content (AvgIpc) is 2.42. The lowest BCUT2D eigenvalue weighted by molar-refractivity contribution is -0.385. The van der Waals surface area contributed by atoms with Gasteiger partial charge in [0.2, 0.25) is 0 Å². The lowest BCUT2D eigenvalue weighted by Gasteiger charge is -2.30. The minimum atomic E-state index is -0.331. The smallest absolute Gasteiger partial charge is 0.274 e. The molecule has 0 atom stereocenters. The van der Waals surface area contributed by atoms with Crippen molar-refractivity contribution in [3.8, 4) is 0 Å². The number of benzene rings is 1. The normalized spacial score (nSPS) is 11.4. The Morgan fingerprint density at radius 2 is 2.00 bits per heavy atom. The first-order valence-corrected chi connectivity index (χ1v) is 7.74. The van der Waals surface area contributed by atoms with Crippen LogP contribution in [0.25, 0.3) is 0 Å². The molecule has 0 aliphatic carbocycles. The van der Waals surface area contributed by atoms with E-state index < -0.39 is 0 Å². The Kier molecular flexibility index (Phi) is 5.66. The van der Waals surface area contributed by atoms with Crippen LogP contribution in [0.5, 0.6) is 0 Å². The Hall–Kier alpha value is -1.23. The average molecular weight is 282 g/mol. The summed E-state index contributed by atoms with van der Waals surface area (Å²) in [4.78, 5) is 10.6. The van der Waals surface area contributed by atoms with Gasteiger partial charge in [0.15, 0.2) is 0 Å². The molecule has 19 heavy (non-hydrogen) atoms. The molecule has 0 aromatic heterocycles. The first-order chi connectivity index (χ1) is 8.98. The number of nitrogens with one attached hydrogen (secondary N) is 1. The summed E-state index contributed by atoms with van der Waals surface area (Å²) in [5.41, 5.74) is 1.68. The van der Waals surface area contributed by atoms with Crippen LogP contribution >= 0.6 is 11.8 Å². The van der Waals surface area contributed by atoms with Crippen LogP contribution in [0.15, 0.2) is 18.2 Å². The third kappa shape index (κ3) is 3.86. The SMILES string of the molecule is CCC(CC)(CNc1ccc(C)c([N+](=O)[O-])c1)SC. The number of nitrogens with zero attached hydrogens (tertiary/aromatic N) is 1. The minimum absolute atomic E-state index is 0.174. The minimum Gasteiger partial charge on any atom is -0.383 e. The summed E-state index contributed by atoms with van der Waals surface area (Å²) in [5.74, 6) is 0. The van der Waals surface area contributed by atoms with E-state index in [1.165, 1.54) is 0 Å². The van der Waals surface area contributed by atoms with Gasteiger partial charge in [0.1, 0.15) is 0 Å². The topological polar surface area (TPSA) is 55.2 Å². The van der Waals surface area contributed by atoms with Crippen molar-refractivity contribution in [1.29, 1.82) is 0 Å². The largest absolute Gasteiger partial charge is 0.383 e. The van der Waals surface area contributed by atoms with E-state index in [-0.39, 0.29) is 15.4 Å². The van der Waals surface area contributed by atoms with Gasteiger partial charge in [-0.25, -0.2) is 0 Å². The van der Waals surface area contributed by atoms with Crippen LogP contribution in [-0.2, 0) is 0 Å². The van der Waals surface area contributed by atoms with Crippen LogP contribution in [0.1, 0.15) is 32.3 Å². The Labute approximate surface area is 119 Å². The molecule has 0 fully saturated rings. The fourth-order valence-corrected chi connectivity index (χ4v) is 2.83. The highest BCUT2D eigenvalue weighted by atomic mass is 32.2. The van der Waals surface area contributed by atoms with Crippen molar-refractivity contribution in [2.45, 2.75) is 38.4 Å². The molecular formula is C14H22N2O2S. The van der Waals surface area contributed by atoms with E-state index in [0.29, 0.717) is 5.56 Å². The summed E-state index contributed by atoms with van der Waals surface area (Å²) in [6.45, 7) is 6.94. The summed E-state index contributed by atoms with van der Waals surface area (Å²) >= 11 is 1.85. The highest BCUT2D eigenvalue weighted by molar-refractivity contribution is 8.00. The number of nitro groups is 1. The van der Waals surface area contributed by atoms with Crippen molar-refractivity contribution in [2.24, 2.45) is 0 Å². The Bertz CT molecular complexity index is 437. The molecule has 1 aromatic rings. The fraction of sp³-hybridized carbons (Fsp3) is 0.571. The van der Waals surface area contributed by atoms with Gasteiger partial charge in [-0.05, 0) is 32.1 Å². The quantitative estimate of drug-likeness (QED) is 0.600. The zero-order valence-electron chi connectivity index (χ0n) is 12.0. The molecule has 5 heteroatoms. The highest BCUT2D eigenvalue weighted by Gasteiger charge is 2.24. The third-order valence-electron chi connectivity index (χ3n) is 3.74. The van der Waals surface area contributed by atoms with Crippen LogP contribution < -0.4 is 5.32 Å². The van der Waals surface area contributed by atoms with Crippen LogP contribution in [0, 0.1) is 17.0 Å². The van der Waals surface area contributed by atoms with Crippen molar-refractivity contribution >= 4 is 23.1 Å². The Balaban J connectivity index is 2.83. The van der Waals surface area contributed by atoms with Crippen LogP contribution in [0.4, 0.5) is 11.4 Å². The van der Waals surface area contributed by atoms with Crippen molar-refractivity contribution in [3.63, 3.8) is 0 Å². The summed E-state index contributed by atoms with van der Waals surface area (Å²) in [5, 5.41) is 14.3. The molecule has 0 aliphatic rings. The Morgan fingerprint density at radius 1 is 1.37 bits per heavy atom. The van der Waals surface area contributed by atoms with Crippen LogP contribution in [0.2, 0.25) is 0 Å². The van der Waals surface area contributed by atoms with Gasteiger partial charge in [-0.1, -0.05) is 19.9 Å². The fourth-order valence-electron chi connectivity index (χ4n) is 2.04. The summed E-state index contributed by atoms with van der Waals surface area (Å²) in [7, 11) is 0. The van der Waals surface area contributed by atoms with Crippen molar-refractivity contribution in [1.82, 2.24) is 0 Å². The molecule has 0 saturated carbocycles. The standard InChI is InChI=1S/C14H22N2O2S/c1-5-14(6-2,19-4)10-15-12-8-7-11(3)13(9-12)16(17)18/h7-9,15H,5-6,10H2,1-4H3. The lowest BCUT2D eigenvalue weighted by Crippen LogP contribution is -2.31. The van der Waals surface area contributed by atoms with E-state index in [2.05, 4.69) is 25.4 Å². The molecule has 0 amide bonds. The van der Waals surface area contributed by atoms with E-state index in [1.807, 2.05) is 17.8 Å². The van der Waals surface area contributed by atoms with Gasteiger partial charge in [-0.15, -0.1) is 0 Å². The van der Waals surface area contributed by atoms with Crippen molar-refractivity contribution < 1.29 is 4.92 Å². The maximum absolute atomic E-state index is 10.9. The second kappa shape index (κ2) is 6.80. The molecule has 1 N–H and O–H groups in total. The molecule has 0 saturated heterocycles. The van der Waals surface area contributed by atoms with E-state index in [9.17, 15) is 10.1 Å². The molecule has 0 spiro atoms. The molecule has 106 valence electrons. The Morgan fingerprint density at radius 3 is 2.47 bits per heavy atom. The van der Waals surface area contributed by atoms with E-state index in [1.54, 1.807) is 19.1 Å². The number of aryl methyl sites for hydroxylation is 1. The van der Waals surface area contributed by atoms with Gasteiger partial charge in [0, 0.05) is 28.6 Å². The number of hydrogen-bond acceptors (Lipinski definition) is 4. The monoisotopic (exact) mass is 282 g/mol. The molecule has 0 unspecified atom stereocenters. The molecule has 0 radical (unpaired) electrons. The maximum atomic E-state index is 10.9. The summed E-state index contributed by atoms with van der Waals surface area (Å²) in [6, 6.07) is 5.31. The van der Waals surface area contributed by atoms with Crippen LogP contribution in [-0.4, -0.2) is 22.5 Å². The zero-order valence-corrected chi connectivity index (χ0v) is 12.8. The van der Waals surface area contributed by atoms with Crippen molar-refractivity contribution in [2.75, 3.05) is 18.1 Å². The summed E-state index contributed by atoms with van der Waals surface area (Å²) in [6.07, 6.45) is 4.27. The number of anilines is 1.